The van der Waals surface area contributed by atoms with E-state index in [4.69, 9.17) is 4.74 Å². The van der Waals surface area contributed by atoms with Crippen molar-refractivity contribution in [1.29, 1.82) is 0 Å². The summed E-state index contributed by atoms with van der Waals surface area (Å²) < 4.78 is 5.44. The first-order valence-electron chi connectivity index (χ1n) is 4.64. The second-order valence-electron chi connectivity index (χ2n) is 3.36. The number of nitrogens with zero attached hydrogens (tertiary/aromatic N) is 2. The number of carbonyl (C=O) groups excluding carboxylic acids is 2. The highest BCUT2D eigenvalue weighted by molar-refractivity contribution is 9.10. The minimum Gasteiger partial charge on any atom is -0.481 e. The summed E-state index contributed by atoms with van der Waals surface area (Å²) in [5.41, 5.74) is 0.594. The number of methoxy groups -OCH3 is 1. The Morgan fingerprint density at radius 1 is 1.44 bits per heavy atom. The van der Waals surface area contributed by atoms with Crippen LogP contribution in [0.2, 0.25) is 0 Å². The van der Waals surface area contributed by atoms with Crippen molar-refractivity contribution < 1.29 is 14.3 Å². The Morgan fingerprint density at radius 3 is 2.69 bits per heavy atom. The van der Waals surface area contributed by atoms with E-state index in [-0.39, 0.29) is 24.7 Å². The Bertz CT molecular complexity index is 461. The molecule has 0 unspecified atom stereocenters. The second kappa shape index (κ2) is 4.21. The fraction of sp³-hybridized carbons (Fsp3) is 0.300. The predicted molar refractivity (Wildman–Crippen MR) is 60.5 cm³/mol. The third-order valence-electron chi connectivity index (χ3n) is 2.29. The Hall–Kier alpha value is -1.43. The molecule has 84 valence electrons. The quantitative estimate of drug-likeness (QED) is 0.604. The zero-order valence-corrected chi connectivity index (χ0v) is 10.2. The van der Waals surface area contributed by atoms with Gasteiger partial charge in [-0.05, 0) is 22.0 Å². The molecule has 6 heteroatoms. The number of aromatic nitrogens is 1. The van der Waals surface area contributed by atoms with E-state index in [0.717, 1.165) is 0 Å². The van der Waals surface area contributed by atoms with E-state index in [1.54, 1.807) is 12.1 Å². The fourth-order valence-corrected chi connectivity index (χ4v) is 2.05. The van der Waals surface area contributed by atoms with Crippen LogP contribution < -0.4 is 9.64 Å². The zero-order valence-electron chi connectivity index (χ0n) is 8.57. The van der Waals surface area contributed by atoms with Crippen LogP contribution in [0.5, 0.6) is 5.88 Å². The summed E-state index contributed by atoms with van der Waals surface area (Å²) in [6.45, 7) is 0.117. The van der Waals surface area contributed by atoms with Gasteiger partial charge in [0.1, 0.15) is 4.60 Å². The molecule has 1 aromatic rings. The summed E-state index contributed by atoms with van der Waals surface area (Å²) in [5, 5.41) is 0. The Labute approximate surface area is 101 Å². The molecule has 2 rings (SSSR count). The minimum atomic E-state index is -0.197. The van der Waals surface area contributed by atoms with E-state index >= 15 is 0 Å². The van der Waals surface area contributed by atoms with Gasteiger partial charge in [-0.25, -0.2) is 4.98 Å². The summed E-state index contributed by atoms with van der Waals surface area (Å²) in [6.07, 6.45) is -0.0293. The van der Waals surface area contributed by atoms with E-state index < -0.39 is 0 Å². The average molecular weight is 285 g/mol. The number of pyridine rings is 1. The van der Waals surface area contributed by atoms with Gasteiger partial charge in [0.2, 0.25) is 11.8 Å². The standard InChI is InChI=1S/C10H9BrN2O3/c1-16-8-3-2-7(10(11)12-8)13-5-6(14)4-9(13)15/h2-3H,4-5H2,1H3. The number of ketones is 1. The van der Waals surface area contributed by atoms with Crippen LogP contribution in [-0.2, 0) is 9.59 Å². The molecular formula is C10H9BrN2O3. The molecule has 0 saturated carbocycles. The number of halogens is 1. The van der Waals surface area contributed by atoms with Gasteiger partial charge < -0.3 is 9.64 Å². The van der Waals surface area contributed by atoms with Crippen molar-refractivity contribution in [2.24, 2.45) is 0 Å². The van der Waals surface area contributed by atoms with Crippen molar-refractivity contribution in [1.82, 2.24) is 4.98 Å². The molecule has 1 aliphatic rings. The maximum absolute atomic E-state index is 11.5. The lowest BCUT2D eigenvalue weighted by molar-refractivity contribution is -0.121. The maximum atomic E-state index is 11.5. The van der Waals surface area contributed by atoms with Gasteiger partial charge >= 0.3 is 0 Å². The van der Waals surface area contributed by atoms with Gasteiger partial charge in [-0.2, -0.15) is 0 Å². The van der Waals surface area contributed by atoms with Crippen LogP contribution in [0.3, 0.4) is 0 Å². The number of carbonyl (C=O) groups is 2. The topological polar surface area (TPSA) is 59.5 Å². The molecule has 0 spiro atoms. The number of hydrogen-bond donors (Lipinski definition) is 0. The van der Waals surface area contributed by atoms with Crippen molar-refractivity contribution in [3.05, 3.63) is 16.7 Å². The van der Waals surface area contributed by atoms with Crippen molar-refractivity contribution in [2.75, 3.05) is 18.6 Å². The summed E-state index contributed by atoms with van der Waals surface area (Å²) >= 11 is 3.25. The molecule has 5 nitrogen and oxygen atoms in total. The number of anilines is 1. The first kappa shape index (κ1) is 11.1. The molecule has 1 aliphatic heterocycles. The third-order valence-corrected chi connectivity index (χ3v) is 2.87. The van der Waals surface area contributed by atoms with Crippen LogP contribution in [0, 0.1) is 0 Å². The van der Waals surface area contributed by atoms with Crippen molar-refractivity contribution in [3.63, 3.8) is 0 Å². The van der Waals surface area contributed by atoms with Gasteiger partial charge in [-0.15, -0.1) is 0 Å². The largest absolute Gasteiger partial charge is 0.481 e. The first-order valence-corrected chi connectivity index (χ1v) is 5.43. The molecule has 1 amide bonds. The van der Waals surface area contributed by atoms with E-state index in [1.165, 1.54) is 12.0 Å². The minimum absolute atomic E-state index is 0.0293. The zero-order chi connectivity index (χ0) is 11.7. The van der Waals surface area contributed by atoms with Crippen LogP contribution in [0.1, 0.15) is 6.42 Å². The van der Waals surface area contributed by atoms with Gasteiger partial charge in [0.05, 0.1) is 25.8 Å². The number of ether oxygens (including phenoxy) is 1. The Kier molecular flexibility index (Phi) is 2.91. The lowest BCUT2D eigenvalue weighted by atomic mass is 10.3. The first-order chi connectivity index (χ1) is 7.61. The molecule has 1 fully saturated rings. The molecule has 16 heavy (non-hydrogen) atoms. The summed E-state index contributed by atoms with van der Waals surface area (Å²) in [5.74, 6) is 0.180. The molecule has 0 radical (unpaired) electrons. The molecule has 1 aromatic heterocycles. The predicted octanol–water partition coefficient (Wildman–Crippen LogP) is 1.16. The Morgan fingerprint density at radius 2 is 2.19 bits per heavy atom. The molecule has 1 saturated heterocycles. The highest BCUT2D eigenvalue weighted by Crippen LogP contribution is 2.29. The number of amides is 1. The lowest BCUT2D eigenvalue weighted by Crippen LogP contribution is -2.25. The van der Waals surface area contributed by atoms with Gasteiger partial charge in [-0.1, -0.05) is 0 Å². The molecule has 0 N–H and O–H groups in total. The smallest absolute Gasteiger partial charge is 0.235 e. The SMILES string of the molecule is COc1ccc(N2CC(=O)CC2=O)c(Br)n1. The molecule has 0 aliphatic carbocycles. The van der Waals surface area contributed by atoms with Gasteiger partial charge in [0, 0.05) is 6.07 Å². The van der Waals surface area contributed by atoms with Gasteiger partial charge in [0.15, 0.2) is 5.78 Å². The van der Waals surface area contributed by atoms with Crippen LogP contribution >= 0.6 is 15.9 Å². The van der Waals surface area contributed by atoms with Gasteiger partial charge in [-0.3, -0.25) is 9.59 Å². The van der Waals surface area contributed by atoms with E-state index in [2.05, 4.69) is 20.9 Å². The fourth-order valence-electron chi connectivity index (χ4n) is 1.53. The lowest BCUT2D eigenvalue weighted by Gasteiger charge is -2.16. The van der Waals surface area contributed by atoms with Crippen molar-refractivity contribution >= 4 is 33.3 Å². The number of Topliss-reactive ketones (excluding diaryl/α,β-unsaturated/α-hetero) is 1. The van der Waals surface area contributed by atoms with E-state index in [9.17, 15) is 9.59 Å². The third kappa shape index (κ3) is 1.92. The van der Waals surface area contributed by atoms with Crippen LogP contribution in [0.25, 0.3) is 0 Å². The Balaban J connectivity index is 2.34. The normalized spacial score (nSPS) is 15.8. The van der Waals surface area contributed by atoms with Crippen molar-refractivity contribution in [3.8, 4) is 5.88 Å². The van der Waals surface area contributed by atoms with Crippen LogP contribution in [0.15, 0.2) is 16.7 Å². The van der Waals surface area contributed by atoms with Crippen molar-refractivity contribution in [2.45, 2.75) is 6.42 Å². The summed E-state index contributed by atoms with van der Waals surface area (Å²) in [6, 6.07) is 3.35. The molecular weight excluding hydrogens is 276 g/mol. The van der Waals surface area contributed by atoms with E-state index in [0.29, 0.717) is 16.2 Å². The summed E-state index contributed by atoms with van der Waals surface area (Å²) in [4.78, 5) is 28.2. The second-order valence-corrected chi connectivity index (χ2v) is 4.11. The molecule has 2 heterocycles. The molecule has 0 bridgehead atoms. The molecule has 0 atom stereocenters. The highest BCUT2D eigenvalue weighted by Gasteiger charge is 2.30. The maximum Gasteiger partial charge on any atom is 0.235 e. The monoisotopic (exact) mass is 284 g/mol. The van der Waals surface area contributed by atoms with Crippen LogP contribution in [-0.4, -0.2) is 30.3 Å². The number of hydrogen-bond acceptors (Lipinski definition) is 4. The van der Waals surface area contributed by atoms with E-state index in [1.807, 2.05) is 0 Å². The average Bonchev–Trinajstić information content (AvgIpc) is 2.57. The number of rotatable bonds is 2. The highest BCUT2D eigenvalue weighted by atomic mass is 79.9. The summed E-state index contributed by atoms with van der Waals surface area (Å²) in [7, 11) is 1.51. The molecule has 0 aromatic carbocycles. The van der Waals surface area contributed by atoms with Gasteiger partial charge in [0.25, 0.3) is 0 Å². The van der Waals surface area contributed by atoms with Crippen LogP contribution in [0.4, 0.5) is 5.69 Å².